The van der Waals surface area contributed by atoms with Crippen LogP contribution in [0.25, 0.3) is 17.3 Å². The van der Waals surface area contributed by atoms with Crippen LogP contribution in [0.3, 0.4) is 0 Å². The van der Waals surface area contributed by atoms with Crippen LogP contribution >= 0.6 is 11.8 Å². The number of benzene rings is 2. The highest BCUT2D eigenvalue weighted by Crippen LogP contribution is 2.35. The van der Waals surface area contributed by atoms with Crippen molar-refractivity contribution >= 4 is 11.8 Å². The Labute approximate surface area is 183 Å². The van der Waals surface area contributed by atoms with Crippen molar-refractivity contribution in [1.82, 2.24) is 24.9 Å². The first-order valence-corrected chi connectivity index (χ1v) is 10.7. The molecule has 0 saturated heterocycles. The topological polar surface area (TPSA) is 82.8 Å². The highest BCUT2D eigenvalue weighted by Gasteiger charge is 2.22. The zero-order valence-electron chi connectivity index (χ0n) is 16.8. The molecular formula is C23H19N5O2S. The van der Waals surface area contributed by atoms with Gasteiger partial charge in [0.05, 0.1) is 11.5 Å². The van der Waals surface area contributed by atoms with Crippen LogP contribution < -0.4 is 0 Å². The van der Waals surface area contributed by atoms with Gasteiger partial charge >= 0.3 is 0 Å². The van der Waals surface area contributed by atoms with Crippen molar-refractivity contribution in [3.63, 3.8) is 0 Å². The Hall–Kier alpha value is -3.65. The minimum absolute atomic E-state index is 0.118. The molecule has 3 heterocycles. The third-order valence-electron chi connectivity index (χ3n) is 4.73. The van der Waals surface area contributed by atoms with Crippen molar-refractivity contribution in [1.29, 1.82) is 0 Å². The lowest BCUT2D eigenvalue weighted by Crippen LogP contribution is -2.04. The van der Waals surface area contributed by atoms with Gasteiger partial charge in [-0.05, 0) is 36.8 Å². The van der Waals surface area contributed by atoms with Crippen molar-refractivity contribution in [3.05, 3.63) is 96.3 Å². The average Bonchev–Trinajstić information content (AvgIpc) is 3.56. The molecule has 0 fully saturated rings. The predicted molar refractivity (Wildman–Crippen MR) is 117 cm³/mol. The second kappa shape index (κ2) is 8.61. The zero-order valence-corrected chi connectivity index (χ0v) is 17.6. The molecule has 0 N–H and O–H groups in total. The Morgan fingerprint density at radius 3 is 2.45 bits per heavy atom. The van der Waals surface area contributed by atoms with Gasteiger partial charge in [-0.2, -0.15) is 4.98 Å². The molecule has 31 heavy (non-hydrogen) atoms. The van der Waals surface area contributed by atoms with E-state index in [9.17, 15) is 0 Å². The third kappa shape index (κ3) is 4.15. The van der Waals surface area contributed by atoms with Gasteiger partial charge in [0.1, 0.15) is 5.82 Å². The average molecular weight is 430 g/mol. The maximum atomic E-state index is 5.47. The van der Waals surface area contributed by atoms with Crippen molar-refractivity contribution in [3.8, 4) is 17.3 Å². The standard InChI is InChI=1S/C23H19N5O2S/c1-16(22-24-21(27-30-22)19-13-8-14-29-19)31-23-26-25-20(15-17-9-4-2-5-10-17)28(23)18-11-6-3-7-12-18/h2-14,16H,15H2,1H3. The fourth-order valence-corrected chi connectivity index (χ4v) is 4.14. The highest BCUT2D eigenvalue weighted by molar-refractivity contribution is 7.99. The smallest absolute Gasteiger partial charge is 0.240 e. The van der Waals surface area contributed by atoms with Gasteiger partial charge in [0.25, 0.3) is 0 Å². The molecule has 0 aliphatic heterocycles. The summed E-state index contributed by atoms with van der Waals surface area (Å²) in [6.07, 6.45) is 2.26. The third-order valence-corrected chi connectivity index (χ3v) is 5.76. The second-order valence-corrected chi connectivity index (χ2v) is 8.23. The molecule has 0 spiro atoms. The normalized spacial score (nSPS) is 12.2. The van der Waals surface area contributed by atoms with Crippen molar-refractivity contribution in [2.24, 2.45) is 0 Å². The molecule has 0 aliphatic carbocycles. The number of nitrogens with zero attached hydrogens (tertiary/aromatic N) is 5. The summed E-state index contributed by atoms with van der Waals surface area (Å²) in [5, 5.41) is 13.6. The maximum Gasteiger partial charge on any atom is 0.240 e. The van der Waals surface area contributed by atoms with E-state index in [1.54, 1.807) is 18.4 Å². The summed E-state index contributed by atoms with van der Waals surface area (Å²) in [6.45, 7) is 2.00. The molecule has 5 rings (SSSR count). The summed E-state index contributed by atoms with van der Waals surface area (Å²) in [5.41, 5.74) is 2.19. The van der Waals surface area contributed by atoms with E-state index in [1.165, 1.54) is 17.3 Å². The van der Waals surface area contributed by atoms with E-state index in [1.807, 2.05) is 55.5 Å². The van der Waals surface area contributed by atoms with Gasteiger partial charge in [0.2, 0.25) is 11.7 Å². The van der Waals surface area contributed by atoms with Crippen LogP contribution in [0.5, 0.6) is 0 Å². The Morgan fingerprint density at radius 1 is 0.935 bits per heavy atom. The number of aromatic nitrogens is 5. The molecule has 0 amide bonds. The molecule has 1 unspecified atom stereocenters. The summed E-state index contributed by atoms with van der Waals surface area (Å²) in [6, 6.07) is 24.0. The van der Waals surface area contributed by atoms with E-state index in [-0.39, 0.29) is 5.25 Å². The maximum absolute atomic E-state index is 5.47. The van der Waals surface area contributed by atoms with Crippen molar-refractivity contribution in [2.75, 3.05) is 0 Å². The lowest BCUT2D eigenvalue weighted by molar-refractivity contribution is 0.379. The molecule has 3 aromatic heterocycles. The molecule has 1 atom stereocenters. The first-order valence-electron chi connectivity index (χ1n) is 9.86. The van der Waals surface area contributed by atoms with Gasteiger partial charge in [-0.15, -0.1) is 10.2 Å². The van der Waals surface area contributed by atoms with E-state index in [4.69, 9.17) is 8.94 Å². The van der Waals surface area contributed by atoms with Crippen LogP contribution in [0, 0.1) is 0 Å². The number of hydrogen-bond acceptors (Lipinski definition) is 7. The summed E-state index contributed by atoms with van der Waals surface area (Å²) in [7, 11) is 0. The van der Waals surface area contributed by atoms with Gasteiger partial charge in [0, 0.05) is 12.1 Å². The molecule has 7 nitrogen and oxygen atoms in total. The van der Waals surface area contributed by atoms with E-state index < -0.39 is 0 Å². The lowest BCUT2D eigenvalue weighted by Gasteiger charge is -2.11. The molecule has 154 valence electrons. The van der Waals surface area contributed by atoms with E-state index in [2.05, 4.69) is 37.0 Å². The second-order valence-electron chi connectivity index (χ2n) is 6.93. The van der Waals surface area contributed by atoms with Crippen LogP contribution in [0.4, 0.5) is 0 Å². The van der Waals surface area contributed by atoms with Crippen LogP contribution in [-0.2, 0) is 6.42 Å². The summed E-state index contributed by atoms with van der Waals surface area (Å²) in [4.78, 5) is 4.48. The van der Waals surface area contributed by atoms with Crippen molar-refractivity contribution in [2.45, 2.75) is 23.8 Å². The quantitative estimate of drug-likeness (QED) is 0.322. The van der Waals surface area contributed by atoms with Crippen LogP contribution in [0.1, 0.15) is 29.5 Å². The lowest BCUT2D eigenvalue weighted by atomic mass is 10.1. The number of hydrogen-bond donors (Lipinski definition) is 0. The molecule has 0 saturated carbocycles. The van der Waals surface area contributed by atoms with E-state index >= 15 is 0 Å². The van der Waals surface area contributed by atoms with Gasteiger partial charge < -0.3 is 8.94 Å². The van der Waals surface area contributed by atoms with Crippen LogP contribution in [0.2, 0.25) is 0 Å². The van der Waals surface area contributed by atoms with Crippen molar-refractivity contribution < 1.29 is 8.94 Å². The Morgan fingerprint density at radius 2 is 1.71 bits per heavy atom. The molecule has 0 radical (unpaired) electrons. The number of furan rings is 1. The number of thioether (sulfide) groups is 1. The summed E-state index contributed by atoms with van der Waals surface area (Å²) in [5.74, 6) is 2.38. The van der Waals surface area contributed by atoms with E-state index in [0.717, 1.165) is 16.7 Å². The number of rotatable bonds is 7. The van der Waals surface area contributed by atoms with E-state index in [0.29, 0.717) is 23.9 Å². The zero-order chi connectivity index (χ0) is 21.0. The van der Waals surface area contributed by atoms with Gasteiger partial charge in [-0.1, -0.05) is 65.4 Å². The first-order chi connectivity index (χ1) is 15.3. The number of para-hydroxylation sites is 1. The fourth-order valence-electron chi connectivity index (χ4n) is 3.22. The fraction of sp³-hybridized carbons (Fsp3) is 0.130. The minimum atomic E-state index is -0.118. The highest BCUT2D eigenvalue weighted by atomic mass is 32.2. The monoisotopic (exact) mass is 429 g/mol. The molecule has 5 aromatic rings. The van der Waals surface area contributed by atoms with Crippen LogP contribution in [0.15, 0.2) is 93.2 Å². The molecular weight excluding hydrogens is 410 g/mol. The Bertz CT molecular complexity index is 1250. The van der Waals surface area contributed by atoms with Gasteiger partial charge in [0.15, 0.2) is 10.9 Å². The Balaban J connectivity index is 1.45. The summed E-state index contributed by atoms with van der Waals surface area (Å²) >= 11 is 1.52. The van der Waals surface area contributed by atoms with Gasteiger partial charge in [-0.3, -0.25) is 4.57 Å². The molecule has 2 aromatic carbocycles. The molecule has 8 heteroatoms. The Kier molecular flexibility index (Phi) is 5.37. The molecule has 0 aliphatic rings. The predicted octanol–water partition coefficient (Wildman–Crippen LogP) is 5.35. The minimum Gasteiger partial charge on any atom is -0.461 e. The van der Waals surface area contributed by atoms with Crippen LogP contribution in [-0.4, -0.2) is 24.9 Å². The molecule has 0 bridgehead atoms. The SMILES string of the molecule is CC(Sc1nnc(Cc2ccccc2)n1-c1ccccc1)c1nc(-c2ccco2)no1. The summed E-state index contributed by atoms with van der Waals surface area (Å²) < 4.78 is 12.9. The van der Waals surface area contributed by atoms with Gasteiger partial charge in [-0.25, -0.2) is 0 Å². The largest absolute Gasteiger partial charge is 0.461 e. The first kappa shape index (κ1) is 19.3.